The van der Waals surface area contributed by atoms with Gasteiger partial charge in [-0.2, -0.15) is 0 Å². The second-order valence-corrected chi connectivity index (χ2v) is 4.59. The van der Waals surface area contributed by atoms with Crippen LogP contribution in [0.25, 0.3) is 5.57 Å². The Balaban J connectivity index is 2.07. The van der Waals surface area contributed by atoms with Gasteiger partial charge in [-0.05, 0) is 23.5 Å². The van der Waals surface area contributed by atoms with Gasteiger partial charge in [-0.1, -0.05) is 55.5 Å². The Kier molecular flexibility index (Phi) is 1.49. The number of hydrogen-bond acceptors (Lipinski definition) is 0. The Hall–Kier alpha value is -1.30. The molecule has 0 aliphatic heterocycles. The standard InChI is InChI=1S/C14H14/c1-14-8-7-11(10-14)9-13(14)12-5-3-2-4-6-12/h2-9,11H,10H2,1H3. The minimum absolute atomic E-state index is 0.312. The van der Waals surface area contributed by atoms with Crippen LogP contribution in [0.2, 0.25) is 0 Å². The van der Waals surface area contributed by atoms with Gasteiger partial charge in [-0.25, -0.2) is 0 Å². The van der Waals surface area contributed by atoms with Crippen LogP contribution in [-0.2, 0) is 0 Å². The first kappa shape index (κ1) is 8.05. The third kappa shape index (κ3) is 1.00. The molecule has 0 spiro atoms. The van der Waals surface area contributed by atoms with E-state index >= 15 is 0 Å². The van der Waals surface area contributed by atoms with Crippen molar-refractivity contribution in [1.82, 2.24) is 0 Å². The highest BCUT2D eigenvalue weighted by molar-refractivity contribution is 5.76. The van der Waals surface area contributed by atoms with E-state index in [1.807, 2.05) is 0 Å². The number of fused-ring (bicyclic) bond motifs is 2. The molecule has 2 bridgehead atoms. The molecule has 0 nitrogen and oxygen atoms in total. The van der Waals surface area contributed by atoms with Gasteiger partial charge in [0.1, 0.15) is 0 Å². The number of allylic oxidation sites excluding steroid dienone is 4. The maximum atomic E-state index is 2.43. The van der Waals surface area contributed by atoms with Gasteiger partial charge >= 0.3 is 0 Å². The van der Waals surface area contributed by atoms with E-state index in [0.29, 0.717) is 11.3 Å². The van der Waals surface area contributed by atoms with Crippen molar-refractivity contribution in [3.63, 3.8) is 0 Å². The van der Waals surface area contributed by atoms with Crippen molar-refractivity contribution in [1.29, 1.82) is 0 Å². The molecule has 0 amide bonds. The minimum atomic E-state index is 0.312. The van der Waals surface area contributed by atoms with Crippen LogP contribution in [0.1, 0.15) is 18.9 Å². The van der Waals surface area contributed by atoms with Gasteiger partial charge in [-0.3, -0.25) is 0 Å². The predicted octanol–water partition coefficient (Wildman–Crippen LogP) is 3.67. The molecule has 2 unspecified atom stereocenters. The first-order valence-electron chi connectivity index (χ1n) is 5.25. The molecule has 2 atom stereocenters. The number of hydrogen-bond donors (Lipinski definition) is 0. The van der Waals surface area contributed by atoms with E-state index in [1.54, 1.807) is 0 Å². The van der Waals surface area contributed by atoms with Crippen LogP contribution < -0.4 is 0 Å². The van der Waals surface area contributed by atoms with Crippen LogP contribution >= 0.6 is 0 Å². The number of rotatable bonds is 1. The zero-order valence-corrected chi connectivity index (χ0v) is 8.40. The summed E-state index contributed by atoms with van der Waals surface area (Å²) in [6.07, 6.45) is 8.42. The molecule has 14 heavy (non-hydrogen) atoms. The lowest BCUT2D eigenvalue weighted by atomic mass is 9.81. The maximum Gasteiger partial charge on any atom is 0.0115 e. The molecule has 0 aromatic heterocycles. The normalized spacial score (nSPS) is 33.5. The molecular formula is C14H14. The lowest BCUT2D eigenvalue weighted by Crippen LogP contribution is -2.08. The monoisotopic (exact) mass is 182 g/mol. The fraction of sp³-hybridized carbons (Fsp3) is 0.286. The Morgan fingerprint density at radius 1 is 1.21 bits per heavy atom. The molecule has 70 valence electrons. The fourth-order valence-corrected chi connectivity index (χ4v) is 2.72. The molecule has 2 aliphatic rings. The van der Waals surface area contributed by atoms with Crippen molar-refractivity contribution >= 4 is 5.57 Å². The molecule has 1 aromatic carbocycles. The molecule has 0 saturated heterocycles. The summed E-state index contributed by atoms with van der Waals surface area (Å²) in [6.45, 7) is 2.34. The predicted molar refractivity (Wildman–Crippen MR) is 59.8 cm³/mol. The van der Waals surface area contributed by atoms with Crippen molar-refractivity contribution in [3.05, 3.63) is 54.1 Å². The first-order valence-corrected chi connectivity index (χ1v) is 5.25. The highest BCUT2D eigenvalue weighted by Crippen LogP contribution is 2.52. The average molecular weight is 182 g/mol. The summed E-state index contributed by atoms with van der Waals surface area (Å²) in [7, 11) is 0. The summed E-state index contributed by atoms with van der Waals surface area (Å²) in [5.74, 6) is 0.690. The largest absolute Gasteiger partial charge is 0.0807 e. The van der Waals surface area contributed by atoms with Gasteiger partial charge in [0.2, 0.25) is 0 Å². The van der Waals surface area contributed by atoms with E-state index in [2.05, 4.69) is 55.5 Å². The van der Waals surface area contributed by atoms with E-state index in [1.165, 1.54) is 17.6 Å². The average Bonchev–Trinajstić information content (AvgIpc) is 2.74. The summed E-state index contributed by atoms with van der Waals surface area (Å²) >= 11 is 0. The summed E-state index contributed by atoms with van der Waals surface area (Å²) < 4.78 is 0. The Morgan fingerprint density at radius 3 is 2.57 bits per heavy atom. The molecule has 0 saturated carbocycles. The Labute approximate surface area is 85.0 Å². The van der Waals surface area contributed by atoms with Crippen molar-refractivity contribution < 1.29 is 0 Å². The van der Waals surface area contributed by atoms with Gasteiger partial charge in [0, 0.05) is 5.41 Å². The van der Waals surface area contributed by atoms with Crippen LogP contribution in [0.4, 0.5) is 0 Å². The van der Waals surface area contributed by atoms with E-state index in [4.69, 9.17) is 0 Å². The van der Waals surface area contributed by atoms with Crippen LogP contribution in [0, 0.1) is 11.3 Å². The highest BCUT2D eigenvalue weighted by atomic mass is 14.4. The fourth-order valence-electron chi connectivity index (χ4n) is 2.72. The van der Waals surface area contributed by atoms with Gasteiger partial charge in [0.25, 0.3) is 0 Å². The lowest BCUT2D eigenvalue weighted by molar-refractivity contribution is 0.550. The Morgan fingerprint density at radius 2 is 2.00 bits per heavy atom. The molecule has 0 heteroatoms. The second kappa shape index (κ2) is 2.60. The quantitative estimate of drug-likeness (QED) is 0.581. The van der Waals surface area contributed by atoms with Crippen molar-refractivity contribution in [2.75, 3.05) is 0 Å². The summed E-state index contributed by atoms with van der Waals surface area (Å²) in [4.78, 5) is 0. The minimum Gasteiger partial charge on any atom is -0.0807 e. The van der Waals surface area contributed by atoms with Crippen LogP contribution in [-0.4, -0.2) is 0 Å². The second-order valence-electron chi connectivity index (χ2n) is 4.59. The van der Waals surface area contributed by atoms with Gasteiger partial charge in [0.05, 0.1) is 0 Å². The summed E-state index contributed by atoms with van der Waals surface area (Å²) in [5, 5.41) is 0. The van der Waals surface area contributed by atoms with Crippen molar-refractivity contribution in [2.24, 2.45) is 11.3 Å². The third-order valence-corrected chi connectivity index (χ3v) is 3.45. The van der Waals surface area contributed by atoms with Gasteiger partial charge < -0.3 is 0 Å². The molecule has 0 N–H and O–H groups in total. The zero-order chi connectivity index (χ0) is 9.60. The van der Waals surface area contributed by atoms with E-state index in [-0.39, 0.29) is 0 Å². The Bertz CT molecular complexity index is 411. The smallest absolute Gasteiger partial charge is 0.0115 e. The molecule has 0 radical (unpaired) electrons. The zero-order valence-electron chi connectivity index (χ0n) is 8.40. The first-order chi connectivity index (χ1) is 6.78. The van der Waals surface area contributed by atoms with E-state index in [0.717, 1.165) is 0 Å². The third-order valence-electron chi connectivity index (χ3n) is 3.45. The van der Waals surface area contributed by atoms with E-state index < -0.39 is 0 Å². The van der Waals surface area contributed by atoms with Gasteiger partial charge in [-0.15, -0.1) is 0 Å². The van der Waals surface area contributed by atoms with Crippen LogP contribution in [0.15, 0.2) is 48.6 Å². The van der Waals surface area contributed by atoms with Gasteiger partial charge in [0.15, 0.2) is 0 Å². The molecule has 0 heterocycles. The topological polar surface area (TPSA) is 0 Å². The van der Waals surface area contributed by atoms with E-state index in [9.17, 15) is 0 Å². The summed E-state index contributed by atoms with van der Waals surface area (Å²) in [6, 6.07) is 10.7. The summed E-state index contributed by atoms with van der Waals surface area (Å²) in [5.41, 5.74) is 3.22. The molecule has 1 aromatic rings. The van der Waals surface area contributed by atoms with Crippen molar-refractivity contribution in [2.45, 2.75) is 13.3 Å². The SMILES string of the molecule is CC12C=CC(C=C1c1ccccc1)C2. The van der Waals surface area contributed by atoms with Crippen molar-refractivity contribution in [3.8, 4) is 0 Å². The van der Waals surface area contributed by atoms with Crippen LogP contribution in [0.3, 0.4) is 0 Å². The molecule has 0 fully saturated rings. The highest BCUT2D eigenvalue weighted by Gasteiger charge is 2.38. The molecular weight excluding hydrogens is 168 g/mol. The van der Waals surface area contributed by atoms with Crippen LogP contribution in [0.5, 0.6) is 0 Å². The molecule has 3 rings (SSSR count). The number of benzene rings is 1. The maximum absolute atomic E-state index is 2.43. The lowest BCUT2D eigenvalue weighted by Gasteiger charge is -2.22. The molecule has 2 aliphatic carbocycles.